The summed E-state index contributed by atoms with van der Waals surface area (Å²) in [6.07, 6.45) is 7.80. The molecule has 4 rings (SSSR count). The van der Waals surface area contributed by atoms with Crippen LogP contribution in [0.2, 0.25) is 0 Å². The van der Waals surface area contributed by atoms with Gasteiger partial charge in [-0.05, 0) is 69.4 Å². The smallest absolute Gasteiger partial charge is 0.302 e. The lowest BCUT2D eigenvalue weighted by atomic mass is 9.46. The summed E-state index contributed by atoms with van der Waals surface area (Å²) in [6, 6.07) is 0. The van der Waals surface area contributed by atoms with Gasteiger partial charge in [0.25, 0.3) is 0 Å². The van der Waals surface area contributed by atoms with Crippen LogP contribution in [0.5, 0.6) is 0 Å². The van der Waals surface area contributed by atoms with E-state index in [0.717, 1.165) is 25.7 Å². The van der Waals surface area contributed by atoms with E-state index in [-0.39, 0.29) is 40.5 Å². The van der Waals surface area contributed by atoms with Crippen LogP contribution < -0.4 is 0 Å². The Kier molecular flexibility index (Phi) is 4.48. The van der Waals surface area contributed by atoms with E-state index in [1.807, 2.05) is 13.0 Å². The number of hydrogen-bond donors (Lipinski definition) is 0. The van der Waals surface area contributed by atoms with Crippen molar-refractivity contribution in [1.82, 2.24) is 0 Å². The Labute approximate surface area is 167 Å². The Morgan fingerprint density at radius 2 is 1.93 bits per heavy atom. The Hall–Kier alpha value is -1.71. The monoisotopic (exact) mass is 384 g/mol. The largest absolute Gasteiger partial charge is 0.463 e. The van der Waals surface area contributed by atoms with Crippen LogP contribution in [-0.4, -0.2) is 23.6 Å². The predicted molar refractivity (Wildman–Crippen MR) is 106 cm³/mol. The van der Waals surface area contributed by atoms with Crippen molar-refractivity contribution in [3.05, 3.63) is 23.3 Å². The Bertz CT molecular complexity index is 805. The van der Waals surface area contributed by atoms with Gasteiger partial charge in [-0.25, -0.2) is 0 Å². The zero-order valence-corrected chi connectivity index (χ0v) is 17.7. The van der Waals surface area contributed by atoms with E-state index < -0.39 is 0 Å². The zero-order chi connectivity index (χ0) is 20.4. The molecule has 0 spiro atoms. The lowest BCUT2D eigenvalue weighted by Gasteiger charge is -2.58. The van der Waals surface area contributed by atoms with E-state index in [1.54, 1.807) is 6.08 Å². The summed E-state index contributed by atoms with van der Waals surface area (Å²) in [5, 5.41) is 0. The Morgan fingerprint density at radius 3 is 2.61 bits per heavy atom. The number of Topliss-reactive ketones (excluding diaryl/α,β-unsaturated/α-hetero) is 1. The topological polar surface area (TPSA) is 60.4 Å². The average Bonchev–Trinajstić information content (AvgIpc) is 2.87. The molecule has 0 heterocycles. The van der Waals surface area contributed by atoms with Crippen LogP contribution in [0.3, 0.4) is 0 Å². The standard InChI is InChI=1S/C24H32O4/c1-13-10-17(26)11-16-6-7-18-20(24(13,16)5)8-9-23(4)21(27)12-19(22(18)23)14(2)28-15(3)25/h10-11,14,18-20,22H,6-9,12H2,1-5H3/t14-,18+,19-,20-,22+,23+,24-/m0/s1. The molecular weight excluding hydrogens is 352 g/mol. The number of allylic oxidation sites excluding steroid dienone is 4. The number of carbonyl (C=O) groups excluding carboxylic acids is 3. The molecule has 0 aliphatic heterocycles. The second kappa shape index (κ2) is 6.40. The van der Waals surface area contributed by atoms with E-state index in [2.05, 4.69) is 20.8 Å². The molecule has 152 valence electrons. The maximum absolute atomic E-state index is 13.1. The highest BCUT2D eigenvalue weighted by atomic mass is 16.5. The first-order valence-electron chi connectivity index (χ1n) is 10.7. The molecule has 7 atom stereocenters. The average molecular weight is 385 g/mol. The van der Waals surface area contributed by atoms with Gasteiger partial charge in [-0.15, -0.1) is 0 Å². The van der Waals surface area contributed by atoms with Crippen LogP contribution in [0.4, 0.5) is 0 Å². The van der Waals surface area contributed by atoms with Gasteiger partial charge in [-0.1, -0.05) is 25.0 Å². The summed E-state index contributed by atoms with van der Waals surface area (Å²) in [6.45, 7) is 9.95. The quantitative estimate of drug-likeness (QED) is 0.661. The molecule has 0 radical (unpaired) electrons. The number of hydrogen-bond acceptors (Lipinski definition) is 4. The predicted octanol–water partition coefficient (Wildman–Crippen LogP) is 4.43. The molecule has 0 unspecified atom stereocenters. The Morgan fingerprint density at radius 1 is 1.21 bits per heavy atom. The third-order valence-electron chi connectivity index (χ3n) is 8.81. The van der Waals surface area contributed by atoms with Gasteiger partial charge >= 0.3 is 5.97 Å². The molecule has 0 bridgehead atoms. The molecule has 4 heteroatoms. The normalized spacial score (nSPS) is 43.3. The third-order valence-corrected chi connectivity index (χ3v) is 8.81. The van der Waals surface area contributed by atoms with E-state index >= 15 is 0 Å². The maximum atomic E-state index is 13.1. The second-order valence-corrected chi connectivity index (χ2v) is 10.00. The van der Waals surface area contributed by atoms with E-state index in [9.17, 15) is 14.4 Å². The molecule has 4 aliphatic rings. The number of ether oxygens (including phenoxy) is 1. The van der Waals surface area contributed by atoms with Crippen molar-refractivity contribution in [3.63, 3.8) is 0 Å². The second-order valence-electron chi connectivity index (χ2n) is 10.00. The highest BCUT2D eigenvalue weighted by molar-refractivity contribution is 6.02. The zero-order valence-electron chi connectivity index (χ0n) is 17.7. The minimum atomic E-state index is -0.306. The highest BCUT2D eigenvalue weighted by Crippen LogP contribution is 2.66. The van der Waals surface area contributed by atoms with Crippen molar-refractivity contribution < 1.29 is 19.1 Å². The lowest BCUT2D eigenvalue weighted by Crippen LogP contribution is -2.52. The summed E-state index contributed by atoms with van der Waals surface area (Å²) in [7, 11) is 0. The van der Waals surface area contributed by atoms with Gasteiger partial charge in [0.1, 0.15) is 11.9 Å². The van der Waals surface area contributed by atoms with Crippen molar-refractivity contribution in [2.45, 2.75) is 72.8 Å². The summed E-state index contributed by atoms with van der Waals surface area (Å²) in [5.41, 5.74) is 2.05. The number of carbonyl (C=O) groups is 3. The number of esters is 1. The van der Waals surface area contributed by atoms with E-state index in [0.29, 0.717) is 24.0 Å². The summed E-state index contributed by atoms with van der Waals surface area (Å²) in [5.74, 6) is 1.39. The van der Waals surface area contributed by atoms with Crippen molar-refractivity contribution in [2.75, 3.05) is 0 Å². The molecule has 4 aliphatic carbocycles. The number of rotatable bonds is 2. The first-order chi connectivity index (χ1) is 13.1. The fourth-order valence-corrected chi connectivity index (χ4v) is 7.32. The molecule has 3 fully saturated rings. The summed E-state index contributed by atoms with van der Waals surface area (Å²) < 4.78 is 5.56. The maximum Gasteiger partial charge on any atom is 0.302 e. The molecule has 0 aromatic rings. The van der Waals surface area contributed by atoms with Crippen LogP contribution in [0.15, 0.2) is 23.3 Å². The van der Waals surface area contributed by atoms with Crippen LogP contribution in [0, 0.1) is 34.5 Å². The van der Waals surface area contributed by atoms with Gasteiger partial charge in [-0.2, -0.15) is 0 Å². The van der Waals surface area contributed by atoms with Gasteiger partial charge in [0.05, 0.1) is 0 Å². The van der Waals surface area contributed by atoms with E-state index in [1.165, 1.54) is 18.1 Å². The first-order valence-corrected chi connectivity index (χ1v) is 10.7. The molecule has 0 aromatic heterocycles. The van der Waals surface area contributed by atoms with Gasteiger partial charge in [0, 0.05) is 30.1 Å². The number of fused-ring (bicyclic) bond motifs is 5. The molecule has 4 nitrogen and oxygen atoms in total. The van der Waals surface area contributed by atoms with Gasteiger partial charge < -0.3 is 4.74 Å². The van der Waals surface area contributed by atoms with Crippen molar-refractivity contribution in [2.24, 2.45) is 34.5 Å². The van der Waals surface area contributed by atoms with Crippen LogP contribution in [0.1, 0.15) is 66.7 Å². The van der Waals surface area contributed by atoms with Crippen LogP contribution >= 0.6 is 0 Å². The lowest BCUT2D eigenvalue weighted by molar-refractivity contribution is -0.151. The molecule has 0 amide bonds. The Balaban J connectivity index is 1.73. The van der Waals surface area contributed by atoms with Gasteiger partial charge in [0.15, 0.2) is 5.78 Å². The van der Waals surface area contributed by atoms with Gasteiger partial charge in [-0.3, -0.25) is 14.4 Å². The molecule has 0 saturated heterocycles. The first kappa shape index (κ1) is 19.6. The highest BCUT2D eigenvalue weighted by Gasteiger charge is 2.63. The molecule has 3 saturated carbocycles. The minimum Gasteiger partial charge on any atom is -0.463 e. The molecule has 28 heavy (non-hydrogen) atoms. The van der Waals surface area contributed by atoms with Gasteiger partial charge in [0.2, 0.25) is 0 Å². The fraction of sp³-hybridized carbons (Fsp3) is 0.708. The number of ketones is 2. The summed E-state index contributed by atoms with van der Waals surface area (Å²) >= 11 is 0. The molecule has 0 aromatic carbocycles. The minimum absolute atomic E-state index is 0.0843. The van der Waals surface area contributed by atoms with Crippen LogP contribution in [0.25, 0.3) is 0 Å². The SMILES string of the molecule is CC(=O)O[C@@H](C)[C@@H]1CC(=O)[C@@]2(C)CC[C@H]3[C@@H](CCC4=CC(=O)C=C(C)[C@@]43C)[C@H]12. The molecular formula is C24H32O4. The molecule has 0 N–H and O–H groups in total. The van der Waals surface area contributed by atoms with Crippen molar-refractivity contribution in [1.29, 1.82) is 0 Å². The fourth-order valence-electron chi connectivity index (χ4n) is 7.32. The van der Waals surface area contributed by atoms with Crippen molar-refractivity contribution in [3.8, 4) is 0 Å². The summed E-state index contributed by atoms with van der Waals surface area (Å²) in [4.78, 5) is 36.7. The third kappa shape index (κ3) is 2.59. The van der Waals surface area contributed by atoms with E-state index in [4.69, 9.17) is 4.74 Å². The van der Waals surface area contributed by atoms with Crippen molar-refractivity contribution >= 4 is 17.5 Å². The van der Waals surface area contributed by atoms with Crippen LogP contribution in [-0.2, 0) is 19.1 Å².